The van der Waals surface area contributed by atoms with Crippen molar-refractivity contribution in [2.75, 3.05) is 37.7 Å². The van der Waals surface area contributed by atoms with Crippen LogP contribution < -0.4 is 4.90 Å². The monoisotopic (exact) mass is 532 g/mol. The molecule has 0 amide bonds. The van der Waals surface area contributed by atoms with Crippen LogP contribution in [0.25, 0.3) is 28.1 Å². The third-order valence-electron chi connectivity index (χ3n) is 8.52. The van der Waals surface area contributed by atoms with Crippen LogP contribution in [-0.2, 0) is 24.8 Å². The minimum atomic E-state index is -0.630. The molecule has 1 unspecified atom stereocenters. The highest BCUT2D eigenvalue weighted by Gasteiger charge is 2.32. The first-order valence-electron chi connectivity index (χ1n) is 14.2. The summed E-state index contributed by atoms with van der Waals surface area (Å²) >= 11 is 0. The maximum absolute atomic E-state index is 10.5. The van der Waals surface area contributed by atoms with Crippen LogP contribution in [0.2, 0.25) is 0 Å². The Morgan fingerprint density at radius 3 is 2.51 bits per heavy atom. The number of para-hydroxylation sites is 2. The summed E-state index contributed by atoms with van der Waals surface area (Å²) in [6.07, 6.45) is 2.75. The van der Waals surface area contributed by atoms with Crippen LogP contribution in [0.5, 0.6) is 0 Å². The minimum Gasteiger partial charge on any atom is -0.390 e. The lowest BCUT2D eigenvalue weighted by Gasteiger charge is -2.37. The van der Waals surface area contributed by atoms with Crippen LogP contribution in [0.1, 0.15) is 52.2 Å². The van der Waals surface area contributed by atoms with Gasteiger partial charge in [-0.25, -0.2) is 9.97 Å². The highest BCUT2D eigenvalue weighted by molar-refractivity contribution is 5.86. The number of fused-ring (bicyclic) bond motifs is 2. The van der Waals surface area contributed by atoms with Crippen molar-refractivity contribution in [2.45, 2.75) is 65.1 Å². The summed E-state index contributed by atoms with van der Waals surface area (Å²) < 4.78 is 9.98. The molecule has 5 heterocycles. The predicted octanol–water partition coefficient (Wildman–Crippen LogP) is 3.47. The summed E-state index contributed by atoms with van der Waals surface area (Å²) in [6, 6.07) is 8.35. The molecular weight excluding hydrogens is 492 g/mol. The fourth-order valence-electron chi connectivity index (χ4n) is 6.10. The highest BCUT2D eigenvalue weighted by atomic mass is 16.5. The SMILES string of the molecule is CCc1nc2ccccc2n1-c1nc(N2CCOCC2C)c2nc(CN3CCC(C(C)(C)O)CC3)n(C)c2n1. The first kappa shape index (κ1) is 26.2. The number of nitrogens with zero attached hydrogens (tertiary/aromatic N) is 8. The van der Waals surface area contributed by atoms with E-state index in [1.807, 2.05) is 32.0 Å². The standard InChI is InChI=1S/C29H40N8O2/c1-6-23-30-21-9-7-8-10-22(21)37(23)28-32-26-25(27(33-28)36-15-16-39-18-19(36)2)31-24(34(26)5)17-35-13-11-20(12-14-35)29(3,4)38/h7-10,19-20,38H,6,11-18H2,1-5H3. The number of benzene rings is 1. The van der Waals surface area contributed by atoms with Crippen molar-refractivity contribution < 1.29 is 9.84 Å². The Bertz CT molecular complexity index is 1480. The molecule has 1 aromatic carbocycles. The number of anilines is 1. The van der Waals surface area contributed by atoms with Gasteiger partial charge in [-0.15, -0.1) is 0 Å². The Hall–Kier alpha value is -3.08. The van der Waals surface area contributed by atoms with Gasteiger partial charge >= 0.3 is 0 Å². The van der Waals surface area contributed by atoms with E-state index in [1.54, 1.807) is 0 Å². The Labute approximate surface area is 229 Å². The summed E-state index contributed by atoms with van der Waals surface area (Å²) in [5.41, 5.74) is 2.98. The van der Waals surface area contributed by atoms with E-state index in [4.69, 9.17) is 24.7 Å². The molecule has 4 aromatic rings. The number of hydrogen-bond acceptors (Lipinski definition) is 8. The second kappa shape index (κ2) is 10.1. The largest absolute Gasteiger partial charge is 0.390 e. The number of aromatic nitrogens is 6. The topological polar surface area (TPSA) is 97.4 Å². The summed E-state index contributed by atoms with van der Waals surface area (Å²) in [5, 5.41) is 10.5. The van der Waals surface area contributed by atoms with Crippen molar-refractivity contribution in [1.82, 2.24) is 34.0 Å². The number of piperidine rings is 1. The fraction of sp³-hybridized carbons (Fsp3) is 0.586. The fourth-order valence-corrected chi connectivity index (χ4v) is 6.10. The third-order valence-corrected chi connectivity index (χ3v) is 8.52. The maximum Gasteiger partial charge on any atom is 0.239 e. The zero-order valence-electron chi connectivity index (χ0n) is 23.8. The molecule has 10 heteroatoms. The molecular formula is C29H40N8O2. The van der Waals surface area contributed by atoms with Crippen molar-refractivity contribution in [2.24, 2.45) is 13.0 Å². The molecule has 2 saturated heterocycles. The summed E-state index contributed by atoms with van der Waals surface area (Å²) in [6.45, 7) is 12.9. The Morgan fingerprint density at radius 2 is 1.79 bits per heavy atom. The molecule has 39 heavy (non-hydrogen) atoms. The predicted molar refractivity (Wildman–Crippen MR) is 152 cm³/mol. The Kier molecular flexibility index (Phi) is 6.81. The van der Waals surface area contributed by atoms with Gasteiger partial charge in [-0.3, -0.25) is 9.47 Å². The molecule has 2 aliphatic heterocycles. The van der Waals surface area contributed by atoms with Crippen molar-refractivity contribution >= 4 is 28.0 Å². The van der Waals surface area contributed by atoms with Gasteiger partial charge in [-0.1, -0.05) is 19.1 Å². The molecule has 10 nitrogen and oxygen atoms in total. The first-order valence-corrected chi connectivity index (χ1v) is 14.2. The quantitative estimate of drug-likeness (QED) is 0.403. The van der Waals surface area contributed by atoms with E-state index in [2.05, 4.69) is 45.9 Å². The first-order chi connectivity index (χ1) is 18.7. The second-order valence-electron chi connectivity index (χ2n) is 11.6. The number of morpholine rings is 1. The molecule has 2 aliphatic rings. The van der Waals surface area contributed by atoms with E-state index in [0.717, 1.165) is 85.1 Å². The third kappa shape index (κ3) is 4.79. The van der Waals surface area contributed by atoms with E-state index in [9.17, 15) is 5.11 Å². The molecule has 0 saturated carbocycles. The lowest BCUT2D eigenvalue weighted by atomic mass is 9.83. The molecule has 0 bridgehead atoms. The van der Waals surface area contributed by atoms with Gasteiger partial charge in [0.1, 0.15) is 11.6 Å². The molecule has 0 spiro atoms. The summed E-state index contributed by atoms with van der Waals surface area (Å²) in [5.74, 6) is 3.73. The van der Waals surface area contributed by atoms with E-state index in [1.165, 1.54) is 0 Å². The summed E-state index contributed by atoms with van der Waals surface area (Å²) in [7, 11) is 2.06. The van der Waals surface area contributed by atoms with Crippen molar-refractivity contribution in [3.8, 4) is 5.95 Å². The smallest absolute Gasteiger partial charge is 0.239 e. The second-order valence-corrected chi connectivity index (χ2v) is 11.6. The van der Waals surface area contributed by atoms with Gasteiger partial charge < -0.3 is 19.3 Å². The number of ether oxygens (including phenoxy) is 1. The van der Waals surface area contributed by atoms with E-state index < -0.39 is 5.60 Å². The number of imidazole rings is 2. The van der Waals surface area contributed by atoms with E-state index >= 15 is 0 Å². The minimum absolute atomic E-state index is 0.182. The van der Waals surface area contributed by atoms with Crippen molar-refractivity contribution in [3.05, 3.63) is 35.9 Å². The lowest BCUT2D eigenvalue weighted by molar-refractivity contribution is -0.0139. The maximum atomic E-state index is 10.5. The van der Waals surface area contributed by atoms with Gasteiger partial charge in [0.15, 0.2) is 17.0 Å². The highest BCUT2D eigenvalue weighted by Crippen LogP contribution is 2.31. The van der Waals surface area contributed by atoms with Gasteiger partial charge in [0.2, 0.25) is 5.95 Å². The van der Waals surface area contributed by atoms with Crippen LogP contribution in [-0.4, -0.2) is 83.6 Å². The average molecular weight is 533 g/mol. The molecule has 1 N–H and O–H groups in total. The molecule has 1 atom stereocenters. The number of hydrogen-bond donors (Lipinski definition) is 1. The van der Waals surface area contributed by atoms with Crippen LogP contribution in [0.3, 0.4) is 0 Å². The molecule has 2 fully saturated rings. The average Bonchev–Trinajstić information content (AvgIpc) is 3.46. The van der Waals surface area contributed by atoms with E-state index in [-0.39, 0.29) is 6.04 Å². The van der Waals surface area contributed by atoms with Crippen molar-refractivity contribution in [1.29, 1.82) is 0 Å². The molecule has 0 aliphatic carbocycles. The van der Waals surface area contributed by atoms with Crippen LogP contribution in [0.4, 0.5) is 5.82 Å². The zero-order chi connectivity index (χ0) is 27.3. The molecule has 6 rings (SSSR count). The van der Waals surface area contributed by atoms with Crippen LogP contribution >= 0.6 is 0 Å². The number of aryl methyl sites for hydroxylation is 2. The van der Waals surface area contributed by atoms with Gasteiger partial charge in [-0.2, -0.15) is 9.97 Å². The van der Waals surface area contributed by atoms with Gasteiger partial charge in [0.25, 0.3) is 0 Å². The summed E-state index contributed by atoms with van der Waals surface area (Å²) in [4.78, 5) is 25.1. The lowest BCUT2D eigenvalue weighted by Crippen LogP contribution is -2.44. The van der Waals surface area contributed by atoms with Crippen molar-refractivity contribution in [3.63, 3.8) is 0 Å². The van der Waals surface area contributed by atoms with Gasteiger partial charge in [0.05, 0.1) is 42.4 Å². The Morgan fingerprint density at radius 1 is 1.03 bits per heavy atom. The number of aliphatic hydroxyl groups is 1. The number of rotatable bonds is 6. The number of likely N-dealkylation sites (tertiary alicyclic amines) is 1. The van der Waals surface area contributed by atoms with Gasteiger partial charge in [-0.05, 0) is 64.8 Å². The Balaban J connectivity index is 1.44. The van der Waals surface area contributed by atoms with E-state index in [0.29, 0.717) is 25.1 Å². The molecule has 3 aromatic heterocycles. The van der Waals surface area contributed by atoms with Crippen LogP contribution in [0, 0.1) is 5.92 Å². The van der Waals surface area contributed by atoms with Gasteiger partial charge in [0, 0.05) is 20.0 Å². The normalized spacial score (nSPS) is 19.9. The molecule has 208 valence electrons. The molecule has 0 radical (unpaired) electrons. The van der Waals surface area contributed by atoms with Crippen LogP contribution in [0.15, 0.2) is 24.3 Å². The zero-order valence-corrected chi connectivity index (χ0v) is 23.8.